The molecule has 1 aliphatic rings. The van der Waals surface area contributed by atoms with Crippen molar-refractivity contribution < 1.29 is 19.3 Å². The van der Waals surface area contributed by atoms with Crippen molar-refractivity contribution in [3.8, 4) is 0 Å². The van der Waals surface area contributed by atoms with Crippen LogP contribution in [-0.2, 0) is 9.36 Å². The lowest BCUT2D eigenvalue weighted by atomic mass is 9.55. The van der Waals surface area contributed by atoms with Gasteiger partial charge in [0.2, 0.25) is 0 Å². The standard InChI is InChI=1S/C21H30O3.H2OP/c1-13(2)20(6,19(23)24)21(9-7-8-10-21)18(22)17-15(4)11-14(3)12-16(17)5;1-2/h11-13H,7-10H2,1-6H3,(H,23,24);2H2/q;+1. The van der Waals surface area contributed by atoms with E-state index in [1.807, 2.05) is 46.8 Å². The summed E-state index contributed by atoms with van der Waals surface area (Å²) in [5, 5.41) is 10.1. The lowest BCUT2D eigenvalue weighted by molar-refractivity contribution is -0.159. The van der Waals surface area contributed by atoms with E-state index in [0.717, 1.165) is 35.1 Å². The Morgan fingerprint density at radius 2 is 1.50 bits per heavy atom. The van der Waals surface area contributed by atoms with Crippen LogP contribution in [0.25, 0.3) is 0 Å². The van der Waals surface area contributed by atoms with Crippen LogP contribution in [-0.4, -0.2) is 16.9 Å². The summed E-state index contributed by atoms with van der Waals surface area (Å²) in [7, 11) is 1.17. The van der Waals surface area contributed by atoms with Gasteiger partial charge in [0.25, 0.3) is 0 Å². The van der Waals surface area contributed by atoms with Crippen LogP contribution in [0.15, 0.2) is 12.1 Å². The van der Waals surface area contributed by atoms with Gasteiger partial charge in [0.05, 0.1) is 5.41 Å². The van der Waals surface area contributed by atoms with E-state index >= 15 is 0 Å². The molecule has 0 spiro atoms. The van der Waals surface area contributed by atoms with Gasteiger partial charge < -0.3 is 5.11 Å². The van der Waals surface area contributed by atoms with Crippen molar-refractivity contribution in [1.29, 1.82) is 0 Å². The molecule has 5 heteroatoms. The minimum absolute atomic E-state index is 0.0357. The van der Waals surface area contributed by atoms with Gasteiger partial charge in [0.15, 0.2) is 5.78 Å². The number of benzene rings is 1. The third-order valence-corrected chi connectivity index (χ3v) is 6.39. The van der Waals surface area contributed by atoms with E-state index in [0.29, 0.717) is 12.8 Å². The second-order valence-electron chi connectivity index (χ2n) is 8.05. The largest absolute Gasteiger partial charge is 0.481 e. The van der Waals surface area contributed by atoms with Crippen LogP contribution in [0.5, 0.6) is 0 Å². The number of carbonyl (C=O) groups is 2. The summed E-state index contributed by atoms with van der Waals surface area (Å²) in [6.45, 7) is 11.6. The molecule has 1 aliphatic carbocycles. The van der Waals surface area contributed by atoms with Crippen molar-refractivity contribution in [1.82, 2.24) is 0 Å². The molecule has 1 saturated carbocycles. The number of rotatable bonds is 5. The maximum Gasteiger partial charge on any atom is 0.310 e. The maximum atomic E-state index is 13.7. The highest BCUT2D eigenvalue weighted by molar-refractivity contribution is 7.00. The Bertz CT molecular complexity index is 666. The third kappa shape index (κ3) is 3.49. The Morgan fingerprint density at radius 3 is 1.85 bits per heavy atom. The average Bonchev–Trinajstić information content (AvgIpc) is 3.05. The van der Waals surface area contributed by atoms with Crippen LogP contribution in [0.4, 0.5) is 0 Å². The van der Waals surface area contributed by atoms with Crippen molar-refractivity contribution in [2.45, 2.75) is 67.2 Å². The molecule has 1 aromatic carbocycles. The van der Waals surface area contributed by atoms with E-state index in [1.165, 1.54) is 9.12 Å². The average molecular weight is 379 g/mol. The zero-order valence-electron chi connectivity index (χ0n) is 16.8. The fraction of sp³-hybridized carbons (Fsp3) is 0.619. The fourth-order valence-electron chi connectivity index (χ4n) is 4.74. The summed E-state index contributed by atoms with van der Waals surface area (Å²) in [6, 6.07) is 4.05. The molecule has 0 radical (unpaired) electrons. The zero-order chi connectivity index (χ0) is 20.3. The van der Waals surface area contributed by atoms with Crippen molar-refractivity contribution in [3.63, 3.8) is 0 Å². The molecule has 0 saturated heterocycles. The van der Waals surface area contributed by atoms with E-state index in [9.17, 15) is 14.7 Å². The van der Waals surface area contributed by atoms with Crippen molar-refractivity contribution in [3.05, 3.63) is 34.4 Å². The molecule has 1 N–H and O–H groups in total. The number of hydrogen-bond donors (Lipinski definition) is 1. The second kappa shape index (κ2) is 8.43. The Hall–Kier alpha value is -1.54. The molecule has 1 fully saturated rings. The Kier molecular flexibility index (Phi) is 7.30. The minimum atomic E-state index is -1.05. The van der Waals surface area contributed by atoms with Crippen LogP contribution in [0.3, 0.4) is 0 Å². The van der Waals surface area contributed by atoms with E-state index in [2.05, 4.69) is 0 Å². The zero-order valence-corrected chi connectivity index (χ0v) is 18.0. The highest BCUT2D eigenvalue weighted by Gasteiger charge is 2.60. The molecule has 2 rings (SSSR count). The van der Waals surface area contributed by atoms with E-state index in [4.69, 9.17) is 4.57 Å². The van der Waals surface area contributed by atoms with Crippen molar-refractivity contribution >= 4 is 20.9 Å². The molecule has 144 valence electrons. The van der Waals surface area contributed by atoms with Gasteiger partial charge in [-0.05, 0) is 57.6 Å². The Morgan fingerprint density at radius 1 is 1.08 bits per heavy atom. The van der Waals surface area contributed by atoms with Gasteiger partial charge in [0.1, 0.15) is 0 Å². The number of carboxylic acids is 1. The predicted molar refractivity (Wildman–Crippen MR) is 107 cm³/mol. The van der Waals surface area contributed by atoms with Crippen molar-refractivity contribution in [2.24, 2.45) is 16.7 Å². The molecule has 0 amide bonds. The van der Waals surface area contributed by atoms with Crippen LogP contribution < -0.4 is 0 Å². The van der Waals surface area contributed by atoms with Gasteiger partial charge in [-0.3, -0.25) is 9.59 Å². The number of aliphatic carboxylic acids is 1. The van der Waals surface area contributed by atoms with Crippen LogP contribution in [0, 0.1) is 37.5 Å². The summed E-state index contributed by atoms with van der Waals surface area (Å²) >= 11 is 0. The number of Topliss-reactive ketones (excluding diaryl/α,β-unsaturated/α-hetero) is 1. The predicted octanol–water partition coefficient (Wildman–Crippen LogP) is 5.31. The van der Waals surface area contributed by atoms with E-state index < -0.39 is 16.8 Å². The molecule has 0 heterocycles. The number of hydrogen-bond acceptors (Lipinski definition) is 3. The normalized spacial score (nSPS) is 18.0. The first-order valence-electron chi connectivity index (χ1n) is 9.17. The molecule has 0 bridgehead atoms. The molecule has 0 aromatic heterocycles. The van der Waals surface area contributed by atoms with Gasteiger partial charge in [-0.15, -0.1) is 0 Å². The highest BCUT2D eigenvalue weighted by atomic mass is 31.0. The Balaban J connectivity index is 0.00000163. The first-order chi connectivity index (χ1) is 12.1. The maximum absolute atomic E-state index is 13.7. The third-order valence-electron chi connectivity index (χ3n) is 6.39. The summed E-state index contributed by atoms with van der Waals surface area (Å²) in [5.74, 6) is -0.924. The molecular weight excluding hydrogens is 347 g/mol. The number of aryl methyl sites for hydroxylation is 3. The van der Waals surface area contributed by atoms with E-state index in [-0.39, 0.29) is 11.7 Å². The second-order valence-corrected chi connectivity index (χ2v) is 8.05. The smallest absolute Gasteiger partial charge is 0.310 e. The number of carboxylic acid groups (broad SMARTS) is 1. The summed E-state index contributed by atoms with van der Waals surface area (Å²) < 4.78 is 8.17. The van der Waals surface area contributed by atoms with E-state index in [1.54, 1.807) is 6.92 Å². The molecule has 2 atom stereocenters. The van der Waals surface area contributed by atoms with Crippen LogP contribution >= 0.6 is 9.12 Å². The molecular formula is C21H32O4P+. The van der Waals surface area contributed by atoms with Gasteiger partial charge >= 0.3 is 15.1 Å². The molecule has 2 unspecified atom stereocenters. The van der Waals surface area contributed by atoms with Crippen LogP contribution in [0.1, 0.15) is 73.5 Å². The topological polar surface area (TPSA) is 71.4 Å². The SMILES string of the molecule is Cc1cc(C)c(C(=O)C2(C(C)(C(=O)O)C(C)C)CCCC2)c(C)c1.O=[PH2+]. The monoisotopic (exact) mass is 379 g/mol. The van der Waals surface area contributed by atoms with Crippen molar-refractivity contribution in [2.75, 3.05) is 0 Å². The molecule has 26 heavy (non-hydrogen) atoms. The van der Waals surface area contributed by atoms with Crippen LogP contribution in [0.2, 0.25) is 0 Å². The summed E-state index contributed by atoms with van der Waals surface area (Å²) in [4.78, 5) is 26.0. The lowest BCUT2D eigenvalue weighted by Gasteiger charge is -2.45. The molecule has 4 nitrogen and oxygen atoms in total. The fourth-order valence-corrected chi connectivity index (χ4v) is 4.74. The number of ketones is 1. The quantitative estimate of drug-likeness (QED) is 0.556. The van der Waals surface area contributed by atoms with Gasteiger partial charge in [-0.2, -0.15) is 0 Å². The summed E-state index contributed by atoms with van der Waals surface area (Å²) in [6.07, 6.45) is 3.18. The summed E-state index contributed by atoms with van der Waals surface area (Å²) in [5.41, 5.74) is 1.92. The van der Waals surface area contributed by atoms with Gasteiger partial charge in [-0.1, -0.05) is 49.0 Å². The first-order valence-corrected chi connectivity index (χ1v) is 9.64. The Labute approximate surface area is 159 Å². The molecule has 1 aromatic rings. The first kappa shape index (κ1) is 22.5. The number of carbonyl (C=O) groups excluding carboxylic acids is 1. The van der Waals surface area contributed by atoms with Gasteiger partial charge in [0, 0.05) is 11.0 Å². The minimum Gasteiger partial charge on any atom is -0.481 e. The lowest BCUT2D eigenvalue weighted by Crippen LogP contribution is -2.52. The highest BCUT2D eigenvalue weighted by Crippen LogP contribution is 2.57. The molecule has 0 aliphatic heterocycles. The van der Waals surface area contributed by atoms with Gasteiger partial charge in [-0.25, -0.2) is 0 Å².